The number of aryl methyl sites for hydroxylation is 1. The van der Waals surface area contributed by atoms with Gasteiger partial charge in [0.1, 0.15) is 0 Å². The number of halogens is 2. The number of ether oxygens (including phenoxy) is 1. The third kappa shape index (κ3) is 6.15. The summed E-state index contributed by atoms with van der Waals surface area (Å²) in [5.41, 5.74) is 1.99. The van der Waals surface area contributed by atoms with E-state index in [1.807, 2.05) is 6.92 Å². The molecule has 0 heterocycles. The summed E-state index contributed by atoms with van der Waals surface area (Å²) >= 11 is 12.5. The first-order valence-electron chi connectivity index (χ1n) is 10.1. The molecule has 0 aliphatic heterocycles. The Morgan fingerprint density at radius 3 is 2.09 bits per heavy atom. The molecule has 3 aromatic carbocycles. The molecule has 10 heteroatoms. The van der Waals surface area contributed by atoms with E-state index >= 15 is 0 Å². The average Bonchev–Trinajstić information content (AvgIpc) is 2.81. The fraction of sp³-hybridized carbons (Fsp3) is 0.167. The fourth-order valence-corrected chi connectivity index (χ4v) is 4.99. The summed E-state index contributed by atoms with van der Waals surface area (Å²) in [5.74, 6) is -1.09. The summed E-state index contributed by atoms with van der Waals surface area (Å²) in [7, 11) is -2.79. The molecule has 3 rings (SSSR count). The lowest BCUT2D eigenvalue weighted by Gasteiger charge is -2.23. The molecule has 0 atom stereocenters. The lowest BCUT2D eigenvalue weighted by atomic mass is 10.2. The van der Waals surface area contributed by atoms with Crippen LogP contribution in [0.1, 0.15) is 21.5 Å². The van der Waals surface area contributed by atoms with Crippen LogP contribution in [0.4, 0.5) is 5.69 Å². The van der Waals surface area contributed by atoms with Gasteiger partial charge < -0.3 is 10.1 Å². The third-order valence-electron chi connectivity index (χ3n) is 4.96. The molecule has 178 valence electrons. The molecule has 0 aromatic heterocycles. The summed E-state index contributed by atoms with van der Waals surface area (Å²) in [6.07, 6.45) is 0. The van der Waals surface area contributed by atoms with Crippen molar-refractivity contribution in [1.29, 1.82) is 0 Å². The van der Waals surface area contributed by atoms with E-state index in [0.717, 1.165) is 9.87 Å². The Morgan fingerprint density at radius 2 is 1.53 bits per heavy atom. The lowest BCUT2D eigenvalue weighted by molar-refractivity contribution is -0.116. The second-order valence-electron chi connectivity index (χ2n) is 7.40. The largest absolute Gasteiger partial charge is 0.465 e. The second-order valence-corrected chi connectivity index (χ2v) is 10.2. The van der Waals surface area contributed by atoms with Crippen LogP contribution in [0.2, 0.25) is 10.0 Å². The maximum Gasteiger partial charge on any atom is 0.337 e. The van der Waals surface area contributed by atoms with Crippen molar-refractivity contribution in [2.24, 2.45) is 0 Å². The number of rotatable bonds is 8. The van der Waals surface area contributed by atoms with Gasteiger partial charge in [0.15, 0.2) is 0 Å². The van der Waals surface area contributed by atoms with Crippen LogP contribution in [0.3, 0.4) is 0 Å². The number of nitrogens with one attached hydrogen (secondary N) is 1. The number of anilines is 1. The molecule has 7 nitrogen and oxygen atoms in total. The van der Waals surface area contributed by atoms with Crippen molar-refractivity contribution in [3.05, 3.63) is 93.5 Å². The van der Waals surface area contributed by atoms with Crippen molar-refractivity contribution < 1.29 is 22.7 Å². The monoisotopic (exact) mass is 520 g/mol. The quantitative estimate of drug-likeness (QED) is 0.425. The highest BCUT2D eigenvalue weighted by Gasteiger charge is 2.28. The first kappa shape index (κ1) is 25.7. The predicted molar refractivity (Wildman–Crippen MR) is 132 cm³/mol. The molecule has 0 saturated carbocycles. The van der Waals surface area contributed by atoms with Gasteiger partial charge in [0.25, 0.3) is 0 Å². The number of carbonyl (C=O) groups is 2. The number of sulfonamides is 1. The van der Waals surface area contributed by atoms with E-state index in [0.29, 0.717) is 16.8 Å². The van der Waals surface area contributed by atoms with Gasteiger partial charge in [-0.25, -0.2) is 13.2 Å². The highest BCUT2D eigenvalue weighted by Crippen LogP contribution is 2.28. The van der Waals surface area contributed by atoms with Crippen molar-refractivity contribution in [2.75, 3.05) is 19.0 Å². The van der Waals surface area contributed by atoms with Crippen LogP contribution in [0, 0.1) is 6.92 Å². The van der Waals surface area contributed by atoms with Crippen molar-refractivity contribution in [3.8, 4) is 0 Å². The SMILES string of the molecule is COC(=O)c1ccc(NC(=O)CN(Cc2c(Cl)cccc2Cl)S(=O)(=O)c2ccc(C)cc2)cc1. The molecular formula is C24H22Cl2N2O5S. The molecule has 0 saturated heterocycles. The Kier molecular flexibility index (Phi) is 8.33. The van der Waals surface area contributed by atoms with Crippen LogP contribution in [-0.2, 0) is 26.1 Å². The number of carbonyl (C=O) groups excluding carboxylic acids is 2. The highest BCUT2D eigenvalue weighted by atomic mass is 35.5. The molecule has 0 fully saturated rings. The Balaban J connectivity index is 1.88. The van der Waals surface area contributed by atoms with Crippen molar-refractivity contribution in [1.82, 2.24) is 4.31 Å². The molecule has 1 amide bonds. The van der Waals surface area contributed by atoms with Crippen molar-refractivity contribution in [2.45, 2.75) is 18.4 Å². The van der Waals surface area contributed by atoms with Crippen molar-refractivity contribution >= 4 is 50.8 Å². The van der Waals surface area contributed by atoms with E-state index in [4.69, 9.17) is 23.2 Å². The summed E-state index contributed by atoms with van der Waals surface area (Å²) in [5, 5.41) is 3.22. The highest BCUT2D eigenvalue weighted by molar-refractivity contribution is 7.89. The normalized spacial score (nSPS) is 11.3. The minimum absolute atomic E-state index is 0.0384. The number of methoxy groups -OCH3 is 1. The number of benzene rings is 3. The molecule has 0 unspecified atom stereocenters. The van der Waals surface area contributed by atoms with Gasteiger partial charge in [-0.1, -0.05) is 47.0 Å². The molecule has 34 heavy (non-hydrogen) atoms. The van der Waals surface area contributed by atoms with Gasteiger partial charge in [0, 0.05) is 27.8 Å². The molecular weight excluding hydrogens is 499 g/mol. The van der Waals surface area contributed by atoms with Crippen LogP contribution in [0.25, 0.3) is 0 Å². The Bertz CT molecular complexity index is 1270. The van der Waals surface area contributed by atoms with Crippen LogP contribution in [0.15, 0.2) is 71.6 Å². The van der Waals surface area contributed by atoms with E-state index in [9.17, 15) is 18.0 Å². The number of esters is 1. The summed E-state index contributed by atoms with van der Waals surface area (Å²) in [4.78, 5) is 24.4. The van der Waals surface area contributed by atoms with Gasteiger partial charge in [-0.05, 0) is 55.5 Å². The van der Waals surface area contributed by atoms with Crippen LogP contribution in [0.5, 0.6) is 0 Å². The van der Waals surface area contributed by atoms with Gasteiger partial charge in [0.2, 0.25) is 15.9 Å². The zero-order valence-electron chi connectivity index (χ0n) is 18.4. The maximum atomic E-state index is 13.4. The van der Waals surface area contributed by atoms with Crippen LogP contribution in [-0.4, -0.2) is 38.3 Å². The van der Waals surface area contributed by atoms with E-state index in [-0.39, 0.29) is 21.5 Å². The van der Waals surface area contributed by atoms with Gasteiger partial charge in [0.05, 0.1) is 24.1 Å². The number of nitrogens with zero attached hydrogens (tertiary/aromatic N) is 1. The first-order chi connectivity index (χ1) is 16.1. The van der Waals surface area contributed by atoms with Gasteiger partial charge in [-0.3, -0.25) is 4.79 Å². The summed E-state index contributed by atoms with van der Waals surface area (Å²) in [6.45, 7) is 1.15. The Morgan fingerprint density at radius 1 is 0.941 bits per heavy atom. The van der Waals surface area contributed by atoms with Crippen LogP contribution < -0.4 is 5.32 Å². The first-order valence-corrected chi connectivity index (χ1v) is 12.3. The molecule has 0 spiro atoms. The smallest absolute Gasteiger partial charge is 0.337 e. The number of amides is 1. The minimum Gasteiger partial charge on any atom is -0.465 e. The molecule has 0 aliphatic carbocycles. The fourth-order valence-electron chi connectivity index (χ4n) is 3.11. The molecule has 0 aliphatic rings. The average molecular weight is 521 g/mol. The predicted octanol–water partition coefficient (Wildman–Crippen LogP) is 4.92. The topological polar surface area (TPSA) is 92.8 Å². The van der Waals surface area contributed by atoms with E-state index in [2.05, 4.69) is 10.1 Å². The van der Waals surface area contributed by atoms with Crippen LogP contribution >= 0.6 is 23.2 Å². The zero-order valence-corrected chi connectivity index (χ0v) is 20.7. The van der Waals surface area contributed by atoms with E-state index < -0.39 is 28.4 Å². The maximum absolute atomic E-state index is 13.4. The number of hydrogen-bond acceptors (Lipinski definition) is 5. The summed E-state index contributed by atoms with van der Waals surface area (Å²) in [6, 6.07) is 17.2. The molecule has 1 N–H and O–H groups in total. The zero-order chi connectivity index (χ0) is 24.9. The standard InChI is InChI=1S/C24H22Cl2N2O5S/c1-16-6-12-19(13-7-16)34(31,32)28(14-20-21(25)4-3-5-22(20)26)15-23(29)27-18-10-8-17(9-11-18)24(30)33-2/h3-13H,14-15H2,1-2H3,(H,27,29). The van der Waals surface area contributed by atoms with Crippen molar-refractivity contribution in [3.63, 3.8) is 0 Å². The third-order valence-corrected chi connectivity index (χ3v) is 7.48. The van der Waals surface area contributed by atoms with Gasteiger partial charge in [-0.2, -0.15) is 4.31 Å². The van der Waals surface area contributed by atoms with Gasteiger partial charge >= 0.3 is 5.97 Å². The molecule has 0 bridgehead atoms. The molecule has 3 aromatic rings. The Labute approximate surface area is 208 Å². The summed E-state index contributed by atoms with van der Waals surface area (Å²) < 4.78 is 32.5. The second kappa shape index (κ2) is 11.0. The molecule has 0 radical (unpaired) electrons. The minimum atomic E-state index is -4.06. The van der Waals surface area contributed by atoms with E-state index in [1.165, 1.54) is 43.5 Å². The van der Waals surface area contributed by atoms with E-state index in [1.54, 1.807) is 30.3 Å². The number of hydrogen-bond donors (Lipinski definition) is 1. The van der Waals surface area contributed by atoms with Gasteiger partial charge in [-0.15, -0.1) is 0 Å². The Hall–Kier alpha value is -2.91. The lowest BCUT2D eigenvalue weighted by Crippen LogP contribution is -2.37.